The summed E-state index contributed by atoms with van der Waals surface area (Å²) in [6, 6.07) is 4.94. The van der Waals surface area contributed by atoms with Crippen molar-refractivity contribution in [2.75, 3.05) is 11.5 Å². The van der Waals surface area contributed by atoms with E-state index in [9.17, 15) is 18.0 Å². The van der Waals surface area contributed by atoms with Crippen molar-refractivity contribution in [3.8, 4) is 0 Å². The minimum absolute atomic E-state index is 0.0651. The molecular weight excluding hydrogens is 318 g/mol. The van der Waals surface area contributed by atoms with Gasteiger partial charge in [0.15, 0.2) is 9.84 Å². The summed E-state index contributed by atoms with van der Waals surface area (Å²) in [5, 5.41) is 5.34. The Kier molecular flexibility index (Phi) is 5.03. The quantitative estimate of drug-likeness (QED) is 0.736. The molecule has 1 fully saturated rings. The molecule has 1 aliphatic rings. The third-order valence-corrected chi connectivity index (χ3v) is 5.63. The lowest BCUT2D eigenvalue weighted by molar-refractivity contribution is -0.141. The van der Waals surface area contributed by atoms with Crippen molar-refractivity contribution in [1.29, 1.82) is 0 Å². The van der Waals surface area contributed by atoms with Crippen LogP contribution in [0.15, 0.2) is 24.4 Å². The third kappa shape index (κ3) is 4.51. The zero-order valence-corrected chi connectivity index (χ0v) is 14.0. The fourth-order valence-electron chi connectivity index (χ4n) is 2.27. The van der Waals surface area contributed by atoms with Crippen LogP contribution in [0.2, 0.25) is 0 Å². The molecule has 0 bridgehead atoms. The Morgan fingerprint density at radius 3 is 2.61 bits per heavy atom. The van der Waals surface area contributed by atoms with Gasteiger partial charge in [0.05, 0.1) is 23.7 Å². The summed E-state index contributed by atoms with van der Waals surface area (Å²) in [6.45, 7) is 3.26. The molecule has 2 rings (SSSR count). The molecule has 23 heavy (non-hydrogen) atoms. The lowest BCUT2D eigenvalue weighted by Gasteiger charge is -2.24. The molecule has 8 heteroatoms. The van der Waals surface area contributed by atoms with E-state index in [1.54, 1.807) is 18.3 Å². The van der Waals surface area contributed by atoms with E-state index in [0.717, 1.165) is 0 Å². The summed E-state index contributed by atoms with van der Waals surface area (Å²) in [6.07, 6.45) is 2.01. The highest BCUT2D eigenvalue weighted by Crippen LogP contribution is 2.18. The van der Waals surface area contributed by atoms with Crippen LogP contribution in [-0.4, -0.2) is 42.8 Å². The maximum absolute atomic E-state index is 12.3. The number of nitrogens with zero attached hydrogens (tertiary/aromatic N) is 1. The maximum atomic E-state index is 12.3. The van der Waals surface area contributed by atoms with E-state index in [1.807, 2.05) is 6.07 Å². The van der Waals surface area contributed by atoms with Crippen LogP contribution in [0, 0.1) is 5.41 Å². The molecule has 0 radical (unpaired) electrons. The number of rotatable bonds is 5. The van der Waals surface area contributed by atoms with Gasteiger partial charge in [-0.05, 0) is 32.4 Å². The Morgan fingerprint density at radius 2 is 2.04 bits per heavy atom. The predicted molar refractivity (Wildman–Crippen MR) is 85.1 cm³/mol. The lowest BCUT2D eigenvalue weighted by Crippen LogP contribution is -2.50. The van der Waals surface area contributed by atoms with Crippen LogP contribution in [0.25, 0.3) is 0 Å². The molecule has 1 saturated heterocycles. The van der Waals surface area contributed by atoms with Crippen LogP contribution in [0.1, 0.15) is 26.0 Å². The number of hydrogen-bond acceptors (Lipinski definition) is 5. The van der Waals surface area contributed by atoms with Crippen LogP contribution in [-0.2, 0) is 26.0 Å². The first-order chi connectivity index (χ1) is 10.7. The molecule has 1 aliphatic heterocycles. The summed E-state index contributed by atoms with van der Waals surface area (Å²) >= 11 is 0. The summed E-state index contributed by atoms with van der Waals surface area (Å²) in [7, 11) is -3.08. The molecular formula is C15H21N3O4S. The second kappa shape index (κ2) is 6.66. The Hall–Kier alpha value is -1.96. The van der Waals surface area contributed by atoms with Gasteiger partial charge in [-0.1, -0.05) is 6.07 Å². The van der Waals surface area contributed by atoms with E-state index in [0.29, 0.717) is 12.1 Å². The molecule has 1 unspecified atom stereocenters. The number of pyridine rings is 1. The largest absolute Gasteiger partial charge is 0.351 e. The van der Waals surface area contributed by atoms with E-state index < -0.39 is 33.1 Å². The second-order valence-electron chi connectivity index (χ2n) is 6.20. The molecule has 0 spiro atoms. The van der Waals surface area contributed by atoms with E-state index >= 15 is 0 Å². The Morgan fingerprint density at radius 1 is 1.30 bits per heavy atom. The van der Waals surface area contributed by atoms with Crippen LogP contribution in [0.4, 0.5) is 0 Å². The zero-order chi connectivity index (χ0) is 17.1. The normalized spacial score (nSPS) is 20.0. The van der Waals surface area contributed by atoms with Gasteiger partial charge in [0.1, 0.15) is 5.41 Å². The van der Waals surface area contributed by atoms with Crippen molar-refractivity contribution in [2.45, 2.75) is 32.9 Å². The van der Waals surface area contributed by atoms with Crippen LogP contribution in [0.5, 0.6) is 0 Å². The maximum Gasteiger partial charge on any atom is 0.235 e. The molecule has 0 saturated carbocycles. The lowest BCUT2D eigenvalue weighted by atomic mass is 9.90. The van der Waals surface area contributed by atoms with Crippen molar-refractivity contribution in [3.63, 3.8) is 0 Å². The van der Waals surface area contributed by atoms with Gasteiger partial charge in [0.25, 0.3) is 0 Å². The molecule has 0 aromatic carbocycles. The van der Waals surface area contributed by atoms with Gasteiger partial charge < -0.3 is 10.6 Å². The van der Waals surface area contributed by atoms with Crippen LogP contribution >= 0.6 is 0 Å². The monoisotopic (exact) mass is 339 g/mol. The molecule has 0 aliphatic carbocycles. The van der Waals surface area contributed by atoms with Gasteiger partial charge in [0.2, 0.25) is 11.8 Å². The average Bonchev–Trinajstić information content (AvgIpc) is 2.84. The summed E-state index contributed by atoms with van der Waals surface area (Å²) in [4.78, 5) is 28.7. The van der Waals surface area contributed by atoms with Crippen molar-refractivity contribution in [1.82, 2.24) is 15.6 Å². The van der Waals surface area contributed by atoms with E-state index in [4.69, 9.17) is 0 Å². The molecule has 126 valence electrons. The molecule has 2 amide bonds. The van der Waals surface area contributed by atoms with Gasteiger partial charge in [-0.3, -0.25) is 14.6 Å². The molecule has 1 aromatic heterocycles. The van der Waals surface area contributed by atoms with Crippen molar-refractivity contribution in [3.05, 3.63) is 30.1 Å². The highest BCUT2D eigenvalue weighted by molar-refractivity contribution is 7.91. The van der Waals surface area contributed by atoms with E-state index in [1.165, 1.54) is 13.8 Å². The smallest absolute Gasteiger partial charge is 0.235 e. The van der Waals surface area contributed by atoms with Gasteiger partial charge in [-0.25, -0.2) is 8.42 Å². The highest BCUT2D eigenvalue weighted by Gasteiger charge is 2.38. The molecule has 1 atom stereocenters. The summed E-state index contributed by atoms with van der Waals surface area (Å²) in [5.41, 5.74) is -0.597. The topological polar surface area (TPSA) is 105 Å². The third-order valence-electron chi connectivity index (χ3n) is 3.86. The standard InChI is InChI=1S/C15H21N3O4S/c1-15(2,13(19)17-9-11-5-3-4-7-16-11)14(20)18-12-6-8-23(21,22)10-12/h3-5,7,12H,6,8-10H2,1-2H3,(H,17,19)(H,18,20). The predicted octanol–water partition coefficient (Wildman–Crippen LogP) is 0.0273. The first-order valence-electron chi connectivity index (χ1n) is 7.40. The number of carbonyl (C=O) groups excluding carboxylic acids is 2. The van der Waals surface area contributed by atoms with Crippen molar-refractivity contribution >= 4 is 21.7 Å². The molecule has 2 N–H and O–H groups in total. The SMILES string of the molecule is CC(C)(C(=O)NCc1ccccn1)C(=O)NC1CCS(=O)(=O)C1. The Bertz CT molecular complexity index is 686. The molecule has 7 nitrogen and oxygen atoms in total. The van der Waals surface area contributed by atoms with Gasteiger partial charge >= 0.3 is 0 Å². The van der Waals surface area contributed by atoms with Gasteiger partial charge in [-0.15, -0.1) is 0 Å². The number of carbonyl (C=O) groups is 2. The number of sulfone groups is 1. The average molecular weight is 339 g/mol. The zero-order valence-electron chi connectivity index (χ0n) is 13.2. The highest BCUT2D eigenvalue weighted by atomic mass is 32.2. The van der Waals surface area contributed by atoms with Crippen LogP contribution in [0.3, 0.4) is 0 Å². The number of hydrogen-bond donors (Lipinski definition) is 2. The summed E-state index contributed by atoms with van der Waals surface area (Å²) in [5.74, 6) is -0.895. The Balaban J connectivity index is 1.91. The van der Waals surface area contributed by atoms with E-state index in [-0.39, 0.29) is 18.1 Å². The first kappa shape index (κ1) is 17.4. The molecule has 1 aromatic rings. The minimum Gasteiger partial charge on any atom is -0.351 e. The van der Waals surface area contributed by atoms with Crippen molar-refractivity contribution in [2.24, 2.45) is 5.41 Å². The van der Waals surface area contributed by atoms with E-state index in [2.05, 4.69) is 15.6 Å². The number of aromatic nitrogens is 1. The Labute approximate surface area is 135 Å². The molecule has 2 heterocycles. The van der Waals surface area contributed by atoms with Crippen molar-refractivity contribution < 1.29 is 18.0 Å². The number of nitrogens with one attached hydrogen (secondary N) is 2. The first-order valence-corrected chi connectivity index (χ1v) is 9.22. The summed E-state index contributed by atoms with van der Waals surface area (Å²) < 4.78 is 22.9. The minimum atomic E-state index is -3.08. The van der Waals surface area contributed by atoms with Gasteiger partial charge in [0, 0.05) is 12.2 Å². The van der Waals surface area contributed by atoms with Crippen LogP contribution < -0.4 is 10.6 Å². The fourth-order valence-corrected chi connectivity index (χ4v) is 3.95. The number of amides is 2. The second-order valence-corrected chi connectivity index (χ2v) is 8.43. The van der Waals surface area contributed by atoms with Gasteiger partial charge in [-0.2, -0.15) is 0 Å². The fraction of sp³-hybridized carbons (Fsp3) is 0.533.